The molecule has 1 aromatic heterocycles. The number of nitrogens with one attached hydrogen (secondary N) is 1. The van der Waals surface area contributed by atoms with Gasteiger partial charge in [-0.15, -0.1) is 0 Å². The van der Waals surface area contributed by atoms with Gasteiger partial charge in [0, 0.05) is 45.1 Å². The van der Waals surface area contributed by atoms with E-state index in [9.17, 15) is 9.59 Å². The Kier molecular flexibility index (Phi) is 6.36. The van der Waals surface area contributed by atoms with E-state index in [1.54, 1.807) is 38.3 Å². The van der Waals surface area contributed by atoms with Crippen LogP contribution in [0.2, 0.25) is 0 Å². The highest BCUT2D eigenvalue weighted by Gasteiger charge is 2.40. The molecular formula is C22H28N4O3. The van der Waals surface area contributed by atoms with Gasteiger partial charge in [-0.1, -0.05) is 18.2 Å². The summed E-state index contributed by atoms with van der Waals surface area (Å²) >= 11 is 0. The SMILES string of the molecule is COc1ccccc1N1CCN(C(=O)C(C)(C)C(=O)NCc2cccnc2)CC1. The summed E-state index contributed by atoms with van der Waals surface area (Å²) in [6, 6.07) is 11.6. The normalized spacial score (nSPS) is 14.4. The number of hydrogen-bond donors (Lipinski definition) is 1. The van der Waals surface area contributed by atoms with Crippen molar-refractivity contribution in [3.63, 3.8) is 0 Å². The van der Waals surface area contributed by atoms with Gasteiger partial charge in [0.2, 0.25) is 11.8 Å². The van der Waals surface area contributed by atoms with Crippen LogP contribution in [0.15, 0.2) is 48.8 Å². The summed E-state index contributed by atoms with van der Waals surface area (Å²) < 4.78 is 5.44. The number of ether oxygens (including phenoxy) is 1. The van der Waals surface area contributed by atoms with Crippen molar-refractivity contribution in [3.8, 4) is 5.75 Å². The Hall–Kier alpha value is -3.09. The molecule has 0 radical (unpaired) electrons. The van der Waals surface area contributed by atoms with E-state index >= 15 is 0 Å². The van der Waals surface area contributed by atoms with Crippen molar-refractivity contribution in [2.45, 2.75) is 20.4 Å². The Balaban J connectivity index is 1.58. The molecule has 0 bridgehead atoms. The largest absolute Gasteiger partial charge is 0.495 e. The molecule has 154 valence electrons. The zero-order chi connectivity index (χ0) is 20.9. The van der Waals surface area contributed by atoms with Crippen molar-refractivity contribution in [1.29, 1.82) is 0 Å². The van der Waals surface area contributed by atoms with E-state index in [1.807, 2.05) is 36.4 Å². The number of nitrogens with zero attached hydrogens (tertiary/aromatic N) is 3. The molecule has 7 nitrogen and oxygen atoms in total. The molecule has 7 heteroatoms. The molecule has 1 fully saturated rings. The first kappa shape index (κ1) is 20.6. The van der Waals surface area contributed by atoms with Crippen LogP contribution in [0.4, 0.5) is 5.69 Å². The minimum absolute atomic E-state index is 0.152. The number of pyridine rings is 1. The zero-order valence-corrected chi connectivity index (χ0v) is 17.2. The number of amides is 2. The summed E-state index contributed by atoms with van der Waals surface area (Å²) in [4.78, 5) is 33.8. The second-order valence-electron chi connectivity index (χ2n) is 7.62. The summed E-state index contributed by atoms with van der Waals surface area (Å²) in [6.45, 7) is 6.23. The molecule has 2 amide bonds. The van der Waals surface area contributed by atoms with Crippen LogP contribution in [0.25, 0.3) is 0 Å². The molecular weight excluding hydrogens is 368 g/mol. The maximum atomic E-state index is 13.0. The van der Waals surface area contributed by atoms with Gasteiger partial charge in [0.25, 0.3) is 0 Å². The number of anilines is 1. The lowest BCUT2D eigenvalue weighted by Gasteiger charge is -2.39. The first-order chi connectivity index (χ1) is 13.9. The molecule has 29 heavy (non-hydrogen) atoms. The van der Waals surface area contributed by atoms with Crippen LogP contribution in [0.5, 0.6) is 5.75 Å². The quantitative estimate of drug-likeness (QED) is 0.757. The summed E-state index contributed by atoms with van der Waals surface area (Å²) in [5.41, 5.74) is 0.791. The molecule has 1 N–H and O–H groups in total. The summed E-state index contributed by atoms with van der Waals surface area (Å²) in [7, 11) is 1.66. The van der Waals surface area contributed by atoms with Crippen LogP contribution in [0.1, 0.15) is 19.4 Å². The number of rotatable bonds is 6. The van der Waals surface area contributed by atoms with Crippen LogP contribution in [0, 0.1) is 5.41 Å². The lowest BCUT2D eigenvalue weighted by atomic mass is 9.90. The second-order valence-corrected chi connectivity index (χ2v) is 7.62. The molecule has 0 saturated carbocycles. The van der Waals surface area contributed by atoms with Crippen molar-refractivity contribution in [2.24, 2.45) is 5.41 Å². The number of aromatic nitrogens is 1. The van der Waals surface area contributed by atoms with Gasteiger partial charge in [0.1, 0.15) is 11.2 Å². The van der Waals surface area contributed by atoms with Gasteiger partial charge >= 0.3 is 0 Å². The fraction of sp³-hybridized carbons (Fsp3) is 0.409. The molecule has 1 aliphatic heterocycles. The fourth-order valence-corrected chi connectivity index (χ4v) is 3.44. The Labute approximate surface area is 171 Å². The maximum Gasteiger partial charge on any atom is 0.237 e. The molecule has 3 rings (SSSR count). The first-order valence-electron chi connectivity index (χ1n) is 9.78. The monoisotopic (exact) mass is 396 g/mol. The molecule has 1 aromatic carbocycles. The van der Waals surface area contributed by atoms with E-state index in [0.717, 1.165) is 17.0 Å². The lowest BCUT2D eigenvalue weighted by Crippen LogP contribution is -2.55. The standard InChI is InChI=1S/C22H28N4O3/c1-22(2,20(27)24-16-17-7-6-10-23-15-17)21(28)26-13-11-25(12-14-26)18-8-4-5-9-19(18)29-3/h4-10,15H,11-14,16H2,1-3H3,(H,24,27). The van der Waals surface area contributed by atoms with Crippen molar-refractivity contribution >= 4 is 17.5 Å². The molecule has 0 unspecified atom stereocenters. The number of benzene rings is 1. The molecule has 2 heterocycles. The molecule has 2 aromatic rings. The third-order valence-electron chi connectivity index (χ3n) is 5.27. The van der Waals surface area contributed by atoms with Crippen LogP contribution in [-0.4, -0.2) is 55.0 Å². The Bertz CT molecular complexity index is 846. The van der Waals surface area contributed by atoms with E-state index in [1.165, 1.54) is 0 Å². The molecule has 1 aliphatic rings. The Morgan fingerprint density at radius 3 is 2.48 bits per heavy atom. The van der Waals surface area contributed by atoms with Crippen LogP contribution in [-0.2, 0) is 16.1 Å². The lowest BCUT2D eigenvalue weighted by molar-refractivity contribution is -0.148. The average Bonchev–Trinajstić information content (AvgIpc) is 2.77. The summed E-state index contributed by atoms with van der Waals surface area (Å²) in [5, 5.41) is 2.86. The zero-order valence-electron chi connectivity index (χ0n) is 17.2. The predicted octanol–water partition coefficient (Wildman–Crippen LogP) is 2.08. The van der Waals surface area contributed by atoms with Gasteiger partial charge < -0.3 is 19.9 Å². The van der Waals surface area contributed by atoms with E-state index < -0.39 is 5.41 Å². The van der Waals surface area contributed by atoms with E-state index in [2.05, 4.69) is 15.2 Å². The van der Waals surface area contributed by atoms with Gasteiger partial charge in [0.15, 0.2) is 0 Å². The average molecular weight is 396 g/mol. The number of piperazine rings is 1. The second kappa shape index (κ2) is 8.94. The molecule has 1 saturated heterocycles. The molecule has 0 spiro atoms. The number of methoxy groups -OCH3 is 1. The van der Waals surface area contributed by atoms with E-state index in [-0.39, 0.29) is 11.8 Å². The van der Waals surface area contributed by atoms with Gasteiger partial charge in [0.05, 0.1) is 12.8 Å². The minimum atomic E-state index is -1.13. The molecule has 0 atom stereocenters. The highest BCUT2D eigenvalue weighted by Crippen LogP contribution is 2.29. The van der Waals surface area contributed by atoms with Crippen LogP contribution < -0.4 is 15.0 Å². The smallest absolute Gasteiger partial charge is 0.237 e. The summed E-state index contributed by atoms with van der Waals surface area (Å²) in [6.07, 6.45) is 3.38. The van der Waals surface area contributed by atoms with Crippen LogP contribution in [0.3, 0.4) is 0 Å². The minimum Gasteiger partial charge on any atom is -0.495 e. The van der Waals surface area contributed by atoms with Gasteiger partial charge in [-0.05, 0) is 37.6 Å². The van der Waals surface area contributed by atoms with E-state index in [4.69, 9.17) is 4.74 Å². The number of hydrogen-bond acceptors (Lipinski definition) is 5. The van der Waals surface area contributed by atoms with Gasteiger partial charge in [-0.25, -0.2) is 0 Å². The van der Waals surface area contributed by atoms with Crippen molar-refractivity contribution in [1.82, 2.24) is 15.2 Å². The number of carbonyl (C=O) groups excluding carboxylic acids is 2. The number of carbonyl (C=O) groups is 2. The van der Waals surface area contributed by atoms with Crippen molar-refractivity contribution < 1.29 is 14.3 Å². The van der Waals surface area contributed by atoms with Crippen molar-refractivity contribution in [3.05, 3.63) is 54.4 Å². The first-order valence-corrected chi connectivity index (χ1v) is 9.78. The maximum absolute atomic E-state index is 13.0. The third-order valence-corrected chi connectivity index (χ3v) is 5.27. The Morgan fingerprint density at radius 1 is 1.10 bits per heavy atom. The predicted molar refractivity (Wildman–Crippen MR) is 112 cm³/mol. The topological polar surface area (TPSA) is 74.8 Å². The highest BCUT2D eigenvalue weighted by atomic mass is 16.5. The van der Waals surface area contributed by atoms with Crippen molar-refractivity contribution in [2.75, 3.05) is 38.2 Å². The summed E-state index contributed by atoms with van der Waals surface area (Å²) in [5.74, 6) is 0.391. The highest BCUT2D eigenvalue weighted by molar-refractivity contribution is 6.04. The Morgan fingerprint density at radius 2 is 1.83 bits per heavy atom. The van der Waals surface area contributed by atoms with Gasteiger partial charge in [-0.2, -0.15) is 0 Å². The number of para-hydroxylation sites is 2. The van der Waals surface area contributed by atoms with Gasteiger partial charge in [-0.3, -0.25) is 14.6 Å². The fourth-order valence-electron chi connectivity index (χ4n) is 3.44. The molecule has 0 aliphatic carbocycles. The third kappa shape index (κ3) is 4.67. The van der Waals surface area contributed by atoms with Crippen LogP contribution >= 0.6 is 0 Å². The van der Waals surface area contributed by atoms with E-state index in [0.29, 0.717) is 32.7 Å².